The molecule has 0 aliphatic heterocycles. The van der Waals surface area contributed by atoms with E-state index in [1.807, 2.05) is 12.1 Å². The normalized spacial score (nSPS) is 11.2. The van der Waals surface area contributed by atoms with Gasteiger partial charge in [0, 0.05) is 6.20 Å². The zero-order chi connectivity index (χ0) is 15.9. The number of halogens is 1. The molecule has 2 aromatic rings. The molecule has 1 heterocycles. The lowest BCUT2D eigenvalue weighted by Crippen LogP contribution is -2.26. The largest absolute Gasteiger partial charge is 0.489 e. The fourth-order valence-corrected chi connectivity index (χ4v) is 1.82. The molecule has 0 radical (unpaired) electrons. The van der Waals surface area contributed by atoms with E-state index in [2.05, 4.69) is 15.1 Å². The number of rotatable bonds is 5. The Balaban J connectivity index is 2.03. The molecule has 116 valence electrons. The van der Waals surface area contributed by atoms with E-state index in [1.54, 1.807) is 29.2 Å². The standard InChI is InChI=1S/C13H16ClN7O/c14-9-7-18-21(8-9)5-6-22-11-4-2-1-3-10(11)19-13(17)20-12(15)16/h1-4,7-8H,5-6H2,(H6,15,16,17,19,20). The third kappa shape index (κ3) is 4.67. The van der Waals surface area contributed by atoms with Crippen LogP contribution < -0.4 is 21.9 Å². The number of ether oxygens (including phenoxy) is 1. The van der Waals surface area contributed by atoms with Crippen LogP contribution in [0.3, 0.4) is 0 Å². The van der Waals surface area contributed by atoms with Gasteiger partial charge in [0.25, 0.3) is 0 Å². The minimum atomic E-state index is -0.157. The number of nitrogens with zero attached hydrogens (tertiary/aromatic N) is 4. The molecule has 8 nitrogen and oxygen atoms in total. The molecule has 1 aromatic carbocycles. The number of para-hydroxylation sites is 2. The van der Waals surface area contributed by atoms with Crippen molar-refractivity contribution in [2.75, 3.05) is 6.61 Å². The van der Waals surface area contributed by atoms with Gasteiger partial charge in [-0.05, 0) is 12.1 Å². The molecule has 0 spiro atoms. The number of hydrogen-bond acceptors (Lipinski definition) is 3. The van der Waals surface area contributed by atoms with Gasteiger partial charge in [-0.1, -0.05) is 23.7 Å². The molecule has 6 N–H and O–H groups in total. The quantitative estimate of drug-likeness (QED) is 0.555. The molecular formula is C13H16ClN7O. The Hall–Kier alpha value is -2.74. The van der Waals surface area contributed by atoms with E-state index in [1.165, 1.54) is 0 Å². The van der Waals surface area contributed by atoms with Crippen molar-refractivity contribution in [3.05, 3.63) is 41.7 Å². The molecule has 0 amide bonds. The summed E-state index contributed by atoms with van der Waals surface area (Å²) in [5.41, 5.74) is 16.6. The molecule has 9 heteroatoms. The lowest BCUT2D eigenvalue weighted by Gasteiger charge is -2.09. The monoisotopic (exact) mass is 321 g/mol. The second kappa shape index (κ2) is 7.32. The Morgan fingerprint density at radius 2 is 2.05 bits per heavy atom. The van der Waals surface area contributed by atoms with Crippen LogP contribution >= 0.6 is 11.6 Å². The van der Waals surface area contributed by atoms with Crippen molar-refractivity contribution in [2.24, 2.45) is 27.2 Å². The SMILES string of the molecule is NC(N)=NC(N)=Nc1ccccc1OCCn1cc(Cl)cn1. The Bertz CT molecular complexity index is 691. The number of hydrogen-bond donors (Lipinski definition) is 3. The molecule has 0 bridgehead atoms. The van der Waals surface area contributed by atoms with Crippen molar-refractivity contribution in [1.29, 1.82) is 0 Å². The molecular weight excluding hydrogens is 306 g/mol. The van der Waals surface area contributed by atoms with Crippen molar-refractivity contribution < 1.29 is 4.74 Å². The molecule has 0 aliphatic carbocycles. The van der Waals surface area contributed by atoms with Crippen molar-refractivity contribution >= 4 is 29.2 Å². The molecule has 0 fully saturated rings. The van der Waals surface area contributed by atoms with Crippen molar-refractivity contribution in [1.82, 2.24) is 9.78 Å². The maximum atomic E-state index is 5.79. The Morgan fingerprint density at radius 3 is 2.73 bits per heavy atom. The summed E-state index contributed by atoms with van der Waals surface area (Å²) in [6.45, 7) is 0.945. The minimum absolute atomic E-state index is 0.0464. The molecule has 0 atom stereocenters. The van der Waals surface area contributed by atoms with Crippen LogP contribution in [0.5, 0.6) is 5.75 Å². The molecule has 22 heavy (non-hydrogen) atoms. The van der Waals surface area contributed by atoms with Crippen LogP contribution in [0.2, 0.25) is 5.02 Å². The van der Waals surface area contributed by atoms with Crippen LogP contribution in [-0.4, -0.2) is 28.3 Å². The Morgan fingerprint density at radius 1 is 1.27 bits per heavy atom. The van der Waals surface area contributed by atoms with E-state index in [0.29, 0.717) is 29.6 Å². The number of aromatic nitrogens is 2. The summed E-state index contributed by atoms with van der Waals surface area (Å²) in [6, 6.07) is 7.16. The highest BCUT2D eigenvalue weighted by Gasteiger charge is 2.03. The first kappa shape index (κ1) is 15.6. The topological polar surface area (TPSA) is 130 Å². The summed E-state index contributed by atoms with van der Waals surface area (Å²) >= 11 is 5.79. The van der Waals surface area contributed by atoms with Crippen LogP contribution in [0, 0.1) is 0 Å². The summed E-state index contributed by atoms with van der Waals surface area (Å²) in [7, 11) is 0. The van der Waals surface area contributed by atoms with Gasteiger partial charge in [-0.15, -0.1) is 0 Å². The van der Waals surface area contributed by atoms with Gasteiger partial charge in [-0.25, -0.2) is 4.99 Å². The smallest absolute Gasteiger partial charge is 0.223 e. The second-order valence-corrected chi connectivity index (χ2v) is 4.68. The Labute approximate surface area is 132 Å². The van der Waals surface area contributed by atoms with Crippen LogP contribution in [0.1, 0.15) is 0 Å². The minimum Gasteiger partial charge on any atom is -0.489 e. The van der Waals surface area contributed by atoms with Crippen molar-refractivity contribution in [3.8, 4) is 5.75 Å². The maximum Gasteiger partial charge on any atom is 0.223 e. The van der Waals surface area contributed by atoms with E-state index in [0.717, 1.165) is 0 Å². The van der Waals surface area contributed by atoms with E-state index >= 15 is 0 Å². The van der Waals surface area contributed by atoms with Gasteiger partial charge in [-0.2, -0.15) is 10.1 Å². The van der Waals surface area contributed by atoms with Crippen LogP contribution in [0.15, 0.2) is 46.6 Å². The number of guanidine groups is 2. The van der Waals surface area contributed by atoms with E-state index in [-0.39, 0.29) is 11.9 Å². The zero-order valence-corrected chi connectivity index (χ0v) is 12.4. The third-order valence-corrected chi connectivity index (χ3v) is 2.72. The van der Waals surface area contributed by atoms with E-state index in [4.69, 9.17) is 33.5 Å². The highest BCUT2D eigenvalue weighted by atomic mass is 35.5. The molecule has 0 saturated heterocycles. The number of benzene rings is 1. The van der Waals surface area contributed by atoms with E-state index < -0.39 is 0 Å². The zero-order valence-electron chi connectivity index (χ0n) is 11.7. The average Bonchev–Trinajstić information content (AvgIpc) is 2.85. The summed E-state index contributed by atoms with van der Waals surface area (Å²) in [5.74, 6) is 0.361. The number of aliphatic imine (C=N–C) groups is 2. The Kier molecular flexibility index (Phi) is 5.21. The first-order chi connectivity index (χ1) is 10.5. The lowest BCUT2D eigenvalue weighted by molar-refractivity contribution is 0.292. The van der Waals surface area contributed by atoms with Crippen molar-refractivity contribution in [2.45, 2.75) is 6.54 Å². The van der Waals surface area contributed by atoms with Gasteiger partial charge < -0.3 is 21.9 Å². The summed E-state index contributed by atoms with van der Waals surface area (Å²) in [6.07, 6.45) is 3.28. The highest BCUT2D eigenvalue weighted by Crippen LogP contribution is 2.26. The molecule has 1 aromatic heterocycles. The third-order valence-electron chi connectivity index (χ3n) is 2.52. The van der Waals surface area contributed by atoms with Crippen LogP contribution in [0.25, 0.3) is 0 Å². The summed E-state index contributed by atoms with van der Waals surface area (Å²) in [4.78, 5) is 7.77. The summed E-state index contributed by atoms with van der Waals surface area (Å²) < 4.78 is 7.36. The maximum absolute atomic E-state index is 5.79. The average molecular weight is 322 g/mol. The van der Waals surface area contributed by atoms with Gasteiger partial charge in [0.05, 0.1) is 17.8 Å². The predicted octanol–water partition coefficient (Wildman–Crippen LogP) is 0.835. The van der Waals surface area contributed by atoms with Gasteiger partial charge in [-0.3, -0.25) is 4.68 Å². The highest BCUT2D eigenvalue weighted by molar-refractivity contribution is 6.30. The molecule has 0 unspecified atom stereocenters. The van der Waals surface area contributed by atoms with Crippen molar-refractivity contribution in [3.63, 3.8) is 0 Å². The fraction of sp³-hybridized carbons (Fsp3) is 0.154. The molecule has 2 rings (SSSR count). The first-order valence-electron chi connectivity index (χ1n) is 6.38. The van der Waals surface area contributed by atoms with Crippen LogP contribution in [0.4, 0.5) is 5.69 Å². The van der Waals surface area contributed by atoms with Gasteiger partial charge in [0.1, 0.15) is 18.0 Å². The fourth-order valence-electron chi connectivity index (χ4n) is 1.66. The first-order valence-corrected chi connectivity index (χ1v) is 6.76. The number of nitrogens with two attached hydrogens (primary N) is 3. The van der Waals surface area contributed by atoms with Gasteiger partial charge in [0.2, 0.25) is 5.96 Å². The van der Waals surface area contributed by atoms with Gasteiger partial charge >= 0.3 is 0 Å². The predicted molar refractivity (Wildman–Crippen MR) is 86.3 cm³/mol. The van der Waals surface area contributed by atoms with E-state index in [9.17, 15) is 0 Å². The lowest BCUT2D eigenvalue weighted by atomic mass is 10.3. The van der Waals surface area contributed by atoms with Crippen LogP contribution in [-0.2, 0) is 6.54 Å². The molecule has 0 aliphatic rings. The second-order valence-electron chi connectivity index (χ2n) is 4.24. The summed E-state index contributed by atoms with van der Waals surface area (Å²) in [5, 5.41) is 4.64. The van der Waals surface area contributed by atoms with Gasteiger partial charge in [0.15, 0.2) is 5.96 Å². The molecule has 0 saturated carbocycles.